The van der Waals surface area contributed by atoms with Crippen LogP contribution in [-0.4, -0.2) is 21.0 Å². The quantitative estimate of drug-likeness (QED) is 0.810. The Morgan fingerprint density at radius 2 is 2.00 bits per heavy atom. The largest absolute Gasteiger partial charge is 0.476 e. The maximum absolute atomic E-state index is 11.1. The van der Waals surface area contributed by atoms with Crippen LogP contribution in [0.15, 0.2) is 24.3 Å². The average Bonchev–Trinajstić information content (AvgIpc) is 2.64. The molecule has 0 aliphatic rings. The number of rotatable bonds is 2. The number of carboxylic acids is 1. The van der Waals surface area contributed by atoms with Crippen LogP contribution < -0.4 is 0 Å². The summed E-state index contributed by atoms with van der Waals surface area (Å²) in [5.74, 6) is -1.01. The summed E-state index contributed by atoms with van der Waals surface area (Å²) in [4.78, 5) is 18.2. The lowest BCUT2D eigenvalue weighted by Crippen LogP contribution is -2.04. The number of aromatic carboxylic acids is 1. The minimum absolute atomic E-state index is 0.0850. The van der Waals surface area contributed by atoms with E-state index < -0.39 is 5.97 Å². The molecule has 0 saturated carbocycles. The Morgan fingerprint density at radius 3 is 2.56 bits per heavy atom. The Balaban J connectivity index is 2.60. The van der Waals surface area contributed by atoms with E-state index >= 15 is 0 Å². The molecule has 0 bridgehead atoms. The highest BCUT2D eigenvalue weighted by Crippen LogP contribution is 2.22. The van der Waals surface area contributed by atoms with Crippen molar-refractivity contribution < 1.29 is 9.90 Å². The molecule has 2 rings (SSSR count). The molecular formula is C12H12N2O2. The number of H-pyrrole nitrogens is 1. The summed E-state index contributed by atoms with van der Waals surface area (Å²) in [6.07, 6.45) is 0. The molecule has 4 heteroatoms. The zero-order chi connectivity index (χ0) is 11.7. The third kappa shape index (κ3) is 1.82. The second-order valence-corrected chi connectivity index (χ2v) is 3.71. The second kappa shape index (κ2) is 3.81. The molecule has 0 unspecified atom stereocenters. The van der Waals surface area contributed by atoms with Gasteiger partial charge in [0.1, 0.15) is 0 Å². The summed E-state index contributed by atoms with van der Waals surface area (Å²) in [5.41, 5.74) is 3.17. The smallest absolute Gasteiger partial charge is 0.355 e. The monoisotopic (exact) mass is 216 g/mol. The number of aryl methyl sites for hydroxylation is 2. The third-order valence-corrected chi connectivity index (χ3v) is 2.36. The summed E-state index contributed by atoms with van der Waals surface area (Å²) in [6, 6.07) is 7.34. The van der Waals surface area contributed by atoms with Gasteiger partial charge < -0.3 is 10.1 Å². The van der Waals surface area contributed by atoms with Crippen molar-refractivity contribution >= 4 is 5.97 Å². The van der Waals surface area contributed by atoms with Crippen molar-refractivity contribution in [1.29, 1.82) is 0 Å². The van der Waals surface area contributed by atoms with Crippen LogP contribution in [0.5, 0.6) is 0 Å². The van der Waals surface area contributed by atoms with E-state index in [9.17, 15) is 4.79 Å². The highest BCUT2D eigenvalue weighted by atomic mass is 16.4. The molecule has 16 heavy (non-hydrogen) atoms. The third-order valence-electron chi connectivity index (χ3n) is 2.36. The number of hydrogen-bond donors (Lipinski definition) is 2. The van der Waals surface area contributed by atoms with Crippen molar-refractivity contribution in [2.75, 3.05) is 0 Å². The van der Waals surface area contributed by atoms with Crippen LogP contribution in [0.1, 0.15) is 21.9 Å². The topological polar surface area (TPSA) is 66.0 Å². The van der Waals surface area contributed by atoms with Crippen molar-refractivity contribution in [2.24, 2.45) is 0 Å². The molecule has 0 saturated heterocycles. The zero-order valence-electron chi connectivity index (χ0n) is 9.11. The van der Waals surface area contributed by atoms with E-state index in [2.05, 4.69) is 9.97 Å². The average molecular weight is 216 g/mol. The fourth-order valence-corrected chi connectivity index (χ4v) is 1.60. The molecule has 2 aromatic rings. The summed E-state index contributed by atoms with van der Waals surface area (Å²) in [5, 5.41) is 9.08. The van der Waals surface area contributed by atoms with Gasteiger partial charge in [-0.25, -0.2) is 9.78 Å². The van der Waals surface area contributed by atoms with Crippen LogP contribution in [0, 0.1) is 13.8 Å². The van der Waals surface area contributed by atoms with Gasteiger partial charge in [-0.3, -0.25) is 0 Å². The van der Waals surface area contributed by atoms with E-state index in [1.54, 1.807) is 19.1 Å². The predicted molar refractivity (Wildman–Crippen MR) is 60.5 cm³/mol. The predicted octanol–water partition coefficient (Wildman–Crippen LogP) is 2.39. The summed E-state index contributed by atoms with van der Waals surface area (Å²) in [7, 11) is 0. The normalized spacial score (nSPS) is 10.4. The highest BCUT2D eigenvalue weighted by Gasteiger charge is 2.14. The van der Waals surface area contributed by atoms with Gasteiger partial charge in [-0.05, 0) is 38.1 Å². The van der Waals surface area contributed by atoms with E-state index in [1.165, 1.54) is 0 Å². The van der Waals surface area contributed by atoms with Crippen molar-refractivity contribution in [2.45, 2.75) is 13.8 Å². The maximum Gasteiger partial charge on any atom is 0.355 e. The summed E-state index contributed by atoms with van der Waals surface area (Å²) < 4.78 is 0. The fraction of sp³-hybridized carbons (Fsp3) is 0.167. The fourth-order valence-electron chi connectivity index (χ4n) is 1.60. The van der Waals surface area contributed by atoms with E-state index in [1.807, 2.05) is 19.1 Å². The number of aromatic amines is 1. The Bertz CT molecular complexity index is 544. The van der Waals surface area contributed by atoms with Gasteiger partial charge in [0, 0.05) is 22.6 Å². The molecule has 82 valence electrons. The van der Waals surface area contributed by atoms with Gasteiger partial charge in [-0.2, -0.15) is 0 Å². The van der Waals surface area contributed by atoms with Crippen LogP contribution in [0.2, 0.25) is 0 Å². The number of nitrogens with one attached hydrogen (secondary N) is 1. The highest BCUT2D eigenvalue weighted by molar-refractivity contribution is 5.93. The van der Waals surface area contributed by atoms with Gasteiger partial charge >= 0.3 is 5.97 Å². The molecule has 0 aliphatic carbocycles. The van der Waals surface area contributed by atoms with E-state index in [-0.39, 0.29) is 5.69 Å². The van der Waals surface area contributed by atoms with Gasteiger partial charge in [0.05, 0.1) is 0 Å². The Hall–Kier alpha value is -2.10. The Labute approximate surface area is 93.0 Å². The molecule has 2 aromatic heterocycles. The molecule has 2 N–H and O–H groups in total. The van der Waals surface area contributed by atoms with Gasteiger partial charge in [0.15, 0.2) is 5.69 Å². The molecule has 4 nitrogen and oxygen atoms in total. The first kappa shape index (κ1) is 10.4. The molecule has 2 heterocycles. The zero-order valence-corrected chi connectivity index (χ0v) is 9.11. The molecule has 0 atom stereocenters. The van der Waals surface area contributed by atoms with Crippen LogP contribution in [0.25, 0.3) is 11.3 Å². The number of carboxylic acid groups (broad SMARTS) is 1. The maximum atomic E-state index is 11.1. The first-order valence-corrected chi connectivity index (χ1v) is 4.95. The minimum Gasteiger partial charge on any atom is -0.476 e. The lowest BCUT2D eigenvalue weighted by molar-refractivity contribution is 0.0691. The number of pyridine rings is 1. The van der Waals surface area contributed by atoms with Crippen molar-refractivity contribution in [3.05, 3.63) is 41.3 Å². The van der Waals surface area contributed by atoms with E-state index in [0.717, 1.165) is 11.4 Å². The second-order valence-electron chi connectivity index (χ2n) is 3.71. The molecule has 0 aliphatic heterocycles. The van der Waals surface area contributed by atoms with Crippen molar-refractivity contribution in [3.63, 3.8) is 0 Å². The first-order valence-electron chi connectivity index (χ1n) is 4.95. The lowest BCUT2D eigenvalue weighted by Gasteiger charge is -2.04. The van der Waals surface area contributed by atoms with E-state index in [0.29, 0.717) is 11.3 Å². The first-order chi connectivity index (χ1) is 7.58. The standard InChI is InChI=1S/C12H12N2O2/c1-7-4-6-10(13-7)9-5-3-8(2)14-11(9)12(15)16/h3-6,13H,1-2H3,(H,15,16). The Kier molecular flexibility index (Phi) is 2.48. The van der Waals surface area contributed by atoms with Crippen molar-refractivity contribution in [3.8, 4) is 11.3 Å². The van der Waals surface area contributed by atoms with Gasteiger partial charge in [0.25, 0.3) is 0 Å². The molecule has 0 spiro atoms. The molecule has 0 aromatic carbocycles. The van der Waals surface area contributed by atoms with Crippen LogP contribution in [0.4, 0.5) is 0 Å². The van der Waals surface area contributed by atoms with Crippen LogP contribution in [0.3, 0.4) is 0 Å². The summed E-state index contributed by atoms with van der Waals surface area (Å²) in [6.45, 7) is 3.70. The molecular weight excluding hydrogens is 204 g/mol. The van der Waals surface area contributed by atoms with E-state index in [4.69, 9.17) is 5.11 Å². The molecule has 0 fully saturated rings. The molecule has 0 radical (unpaired) electrons. The van der Waals surface area contributed by atoms with Gasteiger partial charge in [-0.15, -0.1) is 0 Å². The van der Waals surface area contributed by atoms with Gasteiger partial charge in [-0.1, -0.05) is 0 Å². The lowest BCUT2D eigenvalue weighted by atomic mass is 10.1. The van der Waals surface area contributed by atoms with Gasteiger partial charge in [0.2, 0.25) is 0 Å². The van der Waals surface area contributed by atoms with Crippen molar-refractivity contribution in [1.82, 2.24) is 9.97 Å². The van der Waals surface area contributed by atoms with Crippen LogP contribution >= 0.6 is 0 Å². The molecule has 0 amide bonds. The summed E-state index contributed by atoms with van der Waals surface area (Å²) >= 11 is 0. The number of aromatic nitrogens is 2. The SMILES string of the molecule is Cc1ccc(-c2ccc(C)[nH]2)c(C(=O)O)n1. The number of nitrogens with zero attached hydrogens (tertiary/aromatic N) is 1. The van der Waals surface area contributed by atoms with Crippen LogP contribution in [-0.2, 0) is 0 Å². The Morgan fingerprint density at radius 1 is 1.25 bits per heavy atom. The number of hydrogen-bond acceptors (Lipinski definition) is 2. The minimum atomic E-state index is -1.01. The number of carbonyl (C=O) groups is 1.